The summed E-state index contributed by atoms with van der Waals surface area (Å²) in [4.78, 5) is 0. The van der Waals surface area contributed by atoms with E-state index in [4.69, 9.17) is 0 Å². The maximum absolute atomic E-state index is 4.35. The summed E-state index contributed by atoms with van der Waals surface area (Å²) in [7, 11) is 0. The Hall–Kier alpha value is -1.45. The first kappa shape index (κ1) is 11.0. The highest BCUT2D eigenvalue weighted by Crippen LogP contribution is 2.32. The standard InChI is InChI=1S/C12H18N4/c1-9-4-10(2)12(11(3)5-9)6-15-16-7-13-14-8-16/h4,6-8,10-12H,5H2,1-3H3/b15-6-/t10-,11-,12+/m0/s1. The second-order valence-electron chi connectivity index (χ2n) is 4.74. The van der Waals surface area contributed by atoms with E-state index in [-0.39, 0.29) is 0 Å². The molecule has 0 saturated carbocycles. The van der Waals surface area contributed by atoms with E-state index >= 15 is 0 Å². The zero-order valence-corrected chi connectivity index (χ0v) is 10.0. The van der Waals surface area contributed by atoms with Gasteiger partial charge in [-0.15, -0.1) is 10.2 Å². The number of nitrogens with zero attached hydrogens (tertiary/aromatic N) is 4. The average Bonchev–Trinajstić information content (AvgIpc) is 2.68. The lowest BCUT2D eigenvalue weighted by Crippen LogP contribution is -2.24. The van der Waals surface area contributed by atoms with E-state index in [1.54, 1.807) is 17.3 Å². The van der Waals surface area contributed by atoms with Crippen molar-refractivity contribution >= 4 is 6.21 Å². The molecule has 3 atom stereocenters. The Kier molecular flexibility index (Phi) is 3.17. The Morgan fingerprint density at radius 1 is 1.38 bits per heavy atom. The number of hydrogen-bond acceptors (Lipinski definition) is 3. The quantitative estimate of drug-likeness (QED) is 0.565. The van der Waals surface area contributed by atoms with Gasteiger partial charge in [-0.3, -0.25) is 0 Å². The van der Waals surface area contributed by atoms with Gasteiger partial charge in [-0.1, -0.05) is 25.5 Å². The SMILES string of the molecule is CC1=C[C@H](C)[C@@H](/C=N\n2cnnc2)[C@@H](C)C1. The molecule has 0 bridgehead atoms. The molecule has 0 saturated heterocycles. The van der Waals surface area contributed by atoms with E-state index < -0.39 is 0 Å². The van der Waals surface area contributed by atoms with Crippen LogP contribution in [0.3, 0.4) is 0 Å². The summed E-state index contributed by atoms with van der Waals surface area (Å²) in [5.41, 5.74) is 1.49. The maximum atomic E-state index is 4.35. The van der Waals surface area contributed by atoms with E-state index in [2.05, 4.69) is 42.1 Å². The molecule has 16 heavy (non-hydrogen) atoms. The van der Waals surface area contributed by atoms with Crippen LogP contribution >= 0.6 is 0 Å². The van der Waals surface area contributed by atoms with Crippen molar-refractivity contribution < 1.29 is 0 Å². The van der Waals surface area contributed by atoms with Gasteiger partial charge in [0, 0.05) is 12.1 Å². The second kappa shape index (κ2) is 4.60. The summed E-state index contributed by atoms with van der Waals surface area (Å²) >= 11 is 0. The van der Waals surface area contributed by atoms with Crippen LogP contribution in [0.2, 0.25) is 0 Å². The predicted octanol–water partition coefficient (Wildman–Crippen LogP) is 2.35. The minimum Gasteiger partial charge on any atom is -0.208 e. The van der Waals surface area contributed by atoms with Crippen molar-refractivity contribution in [2.75, 3.05) is 0 Å². The molecule has 0 N–H and O–H groups in total. The van der Waals surface area contributed by atoms with Crippen LogP contribution in [0.25, 0.3) is 0 Å². The first-order chi connectivity index (χ1) is 7.66. The normalized spacial score (nSPS) is 30.7. The molecule has 0 fully saturated rings. The van der Waals surface area contributed by atoms with Crippen LogP contribution in [0.4, 0.5) is 0 Å². The molecule has 0 unspecified atom stereocenters. The van der Waals surface area contributed by atoms with Crippen LogP contribution in [0.5, 0.6) is 0 Å². The lowest BCUT2D eigenvalue weighted by atomic mass is 9.76. The van der Waals surface area contributed by atoms with Crippen molar-refractivity contribution in [2.45, 2.75) is 27.2 Å². The molecule has 86 valence electrons. The van der Waals surface area contributed by atoms with Crippen molar-refractivity contribution in [3.63, 3.8) is 0 Å². The lowest BCUT2D eigenvalue weighted by Gasteiger charge is -2.29. The molecule has 4 nitrogen and oxygen atoms in total. The average molecular weight is 218 g/mol. The topological polar surface area (TPSA) is 43.1 Å². The Bertz CT molecular complexity index is 391. The fraction of sp³-hybridized carbons (Fsp3) is 0.583. The van der Waals surface area contributed by atoms with Gasteiger partial charge in [0.25, 0.3) is 0 Å². The van der Waals surface area contributed by atoms with Crippen molar-refractivity contribution in [1.29, 1.82) is 0 Å². The smallest absolute Gasteiger partial charge is 0.141 e. The zero-order valence-electron chi connectivity index (χ0n) is 10.0. The molecule has 1 aliphatic carbocycles. The molecule has 0 aromatic carbocycles. The Morgan fingerprint density at radius 3 is 2.69 bits per heavy atom. The third-order valence-electron chi connectivity index (χ3n) is 3.23. The second-order valence-corrected chi connectivity index (χ2v) is 4.74. The van der Waals surface area contributed by atoms with E-state index in [0.717, 1.165) is 0 Å². The summed E-state index contributed by atoms with van der Waals surface area (Å²) in [5.74, 6) is 1.72. The minimum absolute atomic E-state index is 0.506. The lowest BCUT2D eigenvalue weighted by molar-refractivity contribution is 0.361. The summed E-state index contributed by atoms with van der Waals surface area (Å²) in [6, 6.07) is 0. The van der Waals surface area contributed by atoms with E-state index in [9.17, 15) is 0 Å². The molecule has 4 heteroatoms. The van der Waals surface area contributed by atoms with Gasteiger partial charge < -0.3 is 0 Å². The van der Waals surface area contributed by atoms with Gasteiger partial charge >= 0.3 is 0 Å². The van der Waals surface area contributed by atoms with Crippen LogP contribution in [-0.4, -0.2) is 21.1 Å². The third kappa shape index (κ3) is 2.38. The van der Waals surface area contributed by atoms with Crippen LogP contribution in [0, 0.1) is 17.8 Å². The van der Waals surface area contributed by atoms with E-state index in [1.165, 1.54) is 12.0 Å². The van der Waals surface area contributed by atoms with Gasteiger partial charge in [-0.25, -0.2) is 4.68 Å². The van der Waals surface area contributed by atoms with Crippen molar-refractivity contribution in [3.8, 4) is 0 Å². The maximum Gasteiger partial charge on any atom is 0.141 e. The predicted molar refractivity (Wildman–Crippen MR) is 64.1 cm³/mol. The molecule has 0 aliphatic heterocycles. The van der Waals surface area contributed by atoms with Crippen molar-refractivity contribution in [3.05, 3.63) is 24.3 Å². The Morgan fingerprint density at radius 2 is 2.06 bits per heavy atom. The first-order valence-electron chi connectivity index (χ1n) is 5.73. The van der Waals surface area contributed by atoms with E-state index in [1.807, 2.05) is 6.21 Å². The van der Waals surface area contributed by atoms with Gasteiger partial charge in [-0.2, -0.15) is 5.10 Å². The highest BCUT2D eigenvalue weighted by atomic mass is 15.4. The number of hydrogen-bond donors (Lipinski definition) is 0. The van der Waals surface area contributed by atoms with Crippen LogP contribution in [-0.2, 0) is 0 Å². The summed E-state index contributed by atoms with van der Waals surface area (Å²) in [5, 5.41) is 11.8. The third-order valence-corrected chi connectivity index (χ3v) is 3.23. The van der Waals surface area contributed by atoms with Crippen LogP contribution in [0.1, 0.15) is 27.2 Å². The van der Waals surface area contributed by atoms with Gasteiger partial charge in [0.05, 0.1) is 0 Å². The number of rotatable bonds is 2. The molecular formula is C12H18N4. The Labute approximate surface area is 96.1 Å². The molecule has 1 aromatic rings. The molecule has 2 rings (SSSR count). The fourth-order valence-corrected chi connectivity index (χ4v) is 2.48. The molecule has 0 radical (unpaired) electrons. The van der Waals surface area contributed by atoms with Crippen molar-refractivity contribution in [2.24, 2.45) is 22.9 Å². The highest BCUT2D eigenvalue weighted by Gasteiger charge is 2.25. The molecule has 0 spiro atoms. The largest absolute Gasteiger partial charge is 0.208 e. The minimum atomic E-state index is 0.506. The van der Waals surface area contributed by atoms with Gasteiger partial charge in [0.2, 0.25) is 0 Å². The summed E-state index contributed by atoms with van der Waals surface area (Å²) in [6.07, 6.45) is 8.76. The van der Waals surface area contributed by atoms with Gasteiger partial charge in [0.15, 0.2) is 0 Å². The summed E-state index contributed by atoms with van der Waals surface area (Å²) in [6.45, 7) is 6.75. The molecule has 1 aromatic heterocycles. The van der Waals surface area contributed by atoms with Gasteiger partial charge in [-0.05, 0) is 25.2 Å². The van der Waals surface area contributed by atoms with Crippen molar-refractivity contribution in [1.82, 2.24) is 14.9 Å². The van der Waals surface area contributed by atoms with E-state index in [0.29, 0.717) is 17.8 Å². The molecule has 1 heterocycles. The monoisotopic (exact) mass is 218 g/mol. The number of allylic oxidation sites excluding steroid dienone is 2. The fourth-order valence-electron chi connectivity index (χ4n) is 2.48. The Balaban J connectivity index is 2.10. The zero-order chi connectivity index (χ0) is 11.5. The first-order valence-corrected chi connectivity index (χ1v) is 5.73. The molecule has 0 amide bonds. The summed E-state index contributed by atoms with van der Waals surface area (Å²) < 4.78 is 1.64. The van der Waals surface area contributed by atoms with Crippen LogP contribution in [0.15, 0.2) is 29.4 Å². The molecular weight excluding hydrogens is 200 g/mol. The molecule has 1 aliphatic rings. The van der Waals surface area contributed by atoms with Crippen LogP contribution < -0.4 is 0 Å². The number of aromatic nitrogens is 3. The van der Waals surface area contributed by atoms with Gasteiger partial charge in [0.1, 0.15) is 12.7 Å². The highest BCUT2D eigenvalue weighted by molar-refractivity contribution is 5.62.